The van der Waals surface area contributed by atoms with E-state index >= 15 is 0 Å². The van der Waals surface area contributed by atoms with Crippen molar-refractivity contribution in [1.82, 2.24) is 14.9 Å². The minimum atomic E-state index is 0.142. The van der Waals surface area contributed by atoms with E-state index in [-0.39, 0.29) is 5.92 Å². The molecule has 0 aliphatic heterocycles. The van der Waals surface area contributed by atoms with E-state index < -0.39 is 0 Å². The maximum Gasteiger partial charge on any atom is 0.185 e. The van der Waals surface area contributed by atoms with Crippen molar-refractivity contribution in [2.75, 3.05) is 38.6 Å². The standard InChI is InChI=1S/C23H29N5S/c1-5-28(14-13-27(3)4)23-26-21(17-29-23)18(2)15-24-22-12-11-20(16-25-22)19-9-7-6-8-10-19/h6-12,15-18H,5,13-14H2,1-4H3. The predicted octanol–water partition coefficient (Wildman–Crippen LogP) is 5.10. The summed E-state index contributed by atoms with van der Waals surface area (Å²) in [6, 6.07) is 14.3. The number of benzene rings is 1. The van der Waals surface area contributed by atoms with Gasteiger partial charge >= 0.3 is 0 Å². The van der Waals surface area contributed by atoms with Gasteiger partial charge in [0.2, 0.25) is 0 Å². The van der Waals surface area contributed by atoms with Crippen molar-refractivity contribution in [3.63, 3.8) is 0 Å². The van der Waals surface area contributed by atoms with Gasteiger partial charge in [-0.1, -0.05) is 37.3 Å². The normalized spacial score (nSPS) is 12.6. The summed E-state index contributed by atoms with van der Waals surface area (Å²) in [6.45, 7) is 7.26. The molecule has 6 heteroatoms. The van der Waals surface area contributed by atoms with Gasteiger partial charge in [-0.3, -0.25) is 0 Å². The Kier molecular flexibility index (Phi) is 7.49. The molecule has 0 fully saturated rings. The lowest BCUT2D eigenvalue weighted by Gasteiger charge is -2.21. The van der Waals surface area contributed by atoms with E-state index in [4.69, 9.17) is 4.98 Å². The quantitative estimate of drug-likeness (QED) is 0.463. The van der Waals surface area contributed by atoms with Crippen LogP contribution in [-0.2, 0) is 0 Å². The number of aromatic nitrogens is 2. The topological polar surface area (TPSA) is 44.6 Å². The van der Waals surface area contributed by atoms with Crippen LogP contribution >= 0.6 is 11.3 Å². The van der Waals surface area contributed by atoms with Crippen LogP contribution in [0.2, 0.25) is 0 Å². The average molecular weight is 408 g/mol. The molecule has 29 heavy (non-hydrogen) atoms. The molecule has 0 N–H and O–H groups in total. The summed E-state index contributed by atoms with van der Waals surface area (Å²) in [5.41, 5.74) is 3.31. The molecule has 0 radical (unpaired) electrons. The summed E-state index contributed by atoms with van der Waals surface area (Å²) in [5, 5.41) is 3.21. The lowest BCUT2D eigenvalue weighted by molar-refractivity contribution is 0.414. The fourth-order valence-corrected chi connectivity index (χ4v) is 3.89. The van der Waals surface area contributed by atoms with E-state index in [0.717, 1.165) is 41.6 Å². The number of likely N-dealkylation sites (N-methyl/N-ethyl adjacent to an activating group) is 2. The number of thiazole rings is 1. The summed E-state index contributed by atoms with van der Waals surface area (Å²) in [6.07, 6.45) is 3.80. The summed E-state index contributed by atoms with van der Waals surface area (Å²) in [7, 11) is 4.19. The molecular weight excluding hydrogens is 378 g/mol. The summed E-state index contributed by atoms with van der Waals surface area (Å²) >= 11 is 1.70. The summed E-state index contributed by atoms with van der Waals surface area (Å²) in [5.74, 6) is 0.858. The molecule has 5 nitrogen and oxygen atoms in total. The molecule has 3 rings (SSSR count). The second-order valence-corrected chi connectivity index (χ2v) is 8.11. The van der Waals surface area contributed by atoms with Crippen LogP contribution in [0.5, 0.6) is 0 Å². The minimum absolute atomic E-state index is 0.142. The third-order valence-electron chi connectivity index (χ3n) is 4.73. The van der Waals surface area contributed by atoms with Gasteiger partial charge < -0.3 is 9.80 Å². The maximum atomic E-state index is 4.84. The first-order valence-corrected chi connectivity index (χ1v) is 10.9. The van der Waals surface area contributed by atoms with Crippen molar-refractivity contribution in [2.45, 2.75) is 19.8 Å². The number of hydrogen-bond acceptors (Lipinski definition) is 6. The van der Waals surface area contributed by atoms with Gasteiger partial charge in [-0.05, 0) is 38.7 Å². The highest BCUT2D eigenvalue weighted by Gasteiger charge is 2.13. The van der Waals surface area contributed by atoms with Gasteiger partial charge in [-0.25, -0.2) is 15.0 Å². The SMILES string of the molecule is CCN(CCN(C)C)c1nc(C(C)C=Nc2ccc(-c3ccccc3)cn2)cs1. The highest BCUT2D eigenvalue weighted by atomic mass is 32.1. The van der Waals surface area contributed by atoms with Gasteiger partial charge in [-0.2, -0.15) is 0 Å². The Morgan fingerprint density at radius 1 is 1.07 bits per heavy atom. The van der Waals surface area contributed by atoms with Gasteiger partial charge in [0, 0.05) is 48.9 Å². The molecular formula is C23H29N5S. The zero-order valence-electron chi connectivity index (χ0n) is 17.6. The molecule has 3 aromatic rings. The predicted molar refractivity (Wildman–Crippen MR) is 125 cm³/mol. The highest BCUT2D eigenvalue weighted by molar-refractivity contribution is 7.13. The molecule has 1 atom stereocenters. The highest BCUT2D eigenvalue weighted by Crippen LogP contribution is 2.25. The third kappa shape index (κ3) is 5.95. The van der Waals surface area contributed by atoms with Crippen molar-refractivity contribution >= 4 is 28.5 Å². The van der Waals surface area contributed by atoms with Crippen molar-refractivity contribution in [1.29, 1.82) is 0 Å². The van der Waals surface area contributed by atoms with E-state index in [9.17, 15) is 0 Å². The lowest BCUT2D eigenvalue weighted by atomic mass is 10.1. The number of rotatable bonds is 9. The molecule has 1 aromatic carbocycles. The Balaban J connectivity index is 1.63. The number of anilines is 1. The van der Waals surface area contributed by atoms with E-state index in [2.05, 4.69) is 71.3 Å². The van der Waals surface area contributed by atoms with Crippen molar-refractivity contribution < 1.29 is 0 Å². The van der Waals surface area contributed by atoms with Crippen LogP contribution in [-0.4, -0.2) is 54.8 Å². The minimum Gasteiger partial charge on any atom is -0.347 e. The Morgan fingerprint density at radius 3 is 2.52 bits per heavy atom. The fraction of sp³-hybridized carbons (Fsp3) is 0.348. The smallest absolute Gasteiger partial charge is 0.185 e. The zero-order chi connectivity index (χ0) is 20.6. The first-order valence-electron chi connectivity index (χ1n) is 9.97. The molecule has 152 valence electrons. The molecule has 0 spiro atoms. The largest absolute Gasteiger partial charge is 0.347 e. The number of nitrogens with zero attached hydrogens (tertiary/aromatic N) is 5. The van der Waals surface area contributed by atoms with Crippen LogP contribution in [0.25, 0.3) is 11.1 Å². The molecule has 0 amide bonds. The second-order valence-electron chi connectivity index (χ2n) is 7.28. The van der Waals surface area contributed by atoms with Crippen molar-refractivity contribution in [3.05, 3.63) is 59.7 Å². The van der Waals surface area contributed by atoms with Crippen molar-refractivity contribution in [3.8, 4) is 11.1 Å². The van der Waals surface area contributed by atoms with E-state index in [1.54, 1.807) is 11.3 Å². The molecule has 0 saturated carbocycles. The molecule has 0 saturated heterocycles. The van der Waals surface area contributed by atoms with Crippen molar-refractivity contribution in [2.24, 2.45) is 4.99 Å². The monoisotopic (exact) mass is 407 g/mol. The van der Waals surface area contributed by atoms with E-state index in [0.29, 0.717) is 5.82 Å². The van der Waals surface area contributed by atoms with Gasteiger partial charge in [-0.15, -0.1) is 11.3 Å². The zero-order valence-corrected chi connectivity index (χ0v) is 18.4. The maximum absolute atomic E-state index is 4.84. The summed E-state index contributed by atoms with van der Waals surface area (Å²) < 4.78 is 0. The fourth-order valence-electron chi connectivity index (χ4n) is 2.87. The Labute approximate surface area is 177 Å². The van der Waals surface area contributed by atoms with Crippen LogP contribution in [0.3, 0.4) is 0 Å². The number of hydrogen-bond donors (Lipinski definition) is 0. The van der Waals surface area contributed by atoms with Crippen LogP contribution in [0.4, 0.5) is 10.9 Å². The van der Waals surface area contributed by atoms with Gasteiger partial charge in [0.15, 0.2) is 10.9 Å². The Morgan fingerprint density at radius 2 is 1.86 bits per heavy atom. The van der Waals surface area contributed by atoms with Gasteiger partial charge in [0.25, 0.3) is 0 Å². The number of pyridine rings is 1. The second kappa shape index (κ2) is 10.3. The van der Waals surface area contributed by atoms with Gasteiger partial charge in [0.1, 0.15) is 0 Å². The van der Waals surface area contributed by atoms with Gasteiger partial charge in [0.05, 0.1) is 5.69 Å². The van der Waals surface area contributed by atoms with Crippen LogP contribution in [0.15, 0.2) is 59.0 Å². The lowest BCUT2D eigenvalue weighted by Crippen LogP contribution is -2.31. The molecule has 1 unspecified atom stereocenters. The first-order chi connectivity index (χ1) is 14.1. The van der Waals surface area contributed by atoms with Crippen LogP contribution < -0.4 is 4.90 Å². The van der Waals surface area contributed by atoms with Crippen LogP contribution in [0.1, 0.15) is 25.5 Å². The third-order valence-corrected chi connectivity index (χ3v) is 5.65. The molecule has 0 bridgehead atoms. The Bertz CT molecular complexity index is 903. The van der Waals surface area contributed by atoms with E-state index in [1.165, 1.54) is 0 Å². The molecule has 0 aliphatic carbocycles. The molecule has 2 heterocycles. The molecule has 2 aromatic heterocycles. The van der Waals surface area contributed by atoms with E-state index in [1.807, 2.05) is 36.7 Å². The first kappa shape index (κ1) is 21.1. The van der Waals surface area contributed by atoms with Crippen LogP contribution in [0, 0.1) is 0 Å². The Hall–Kier alpha value is -2.57. The molecule has 0 aliphatic rings. The average Bonchev–Trinajstić information content (AvgIpc) is 3.23. The summed E-state index contributed by atoms with van der Waals surface area (Å²) in [4.78, 5) is 18.4. The number of aliphatic imine (C=N–C) groups is 1.